The Kier molecular flexibility index (Phi) is 16.9. The summed E-state index contributed by atoms with van der Waals surface area (Å²) in [6.07, 6.45) is 17.5. The van der Waals surface area contributed by atoms with Crippen LogP contribution in [0.3, 0.4) is 0 Å². The maximum atomic E-state index is 5.52. The Morgan fingerprint density at radius 2 is 1.06 bits per heavy atom. The molecule has 0 saturated heterocycles. The van der Waals surface area contributed by atoms with E-state index in [1.54, 1.807) is 0 Å². The number of hydrogen-bond acceptors (Lipinski definition) is 1. The van der Waals surface area contributed by atoms with E-state index in [0.717, 1.165) is 26.1 Å². The molecule has 0 aromatic carbocycles. The Labute approximate surface area is 116 Å². The van der Waals surface area contributed by atoms with E-state index in [0.29, 0.717) is 0 Å². The van der Waals surface area contributed by atoms with Crippen molar-refractivity contribution in [2.24, 2.45) is 0 Å². The molecule has 0 saturated carbocycles. The molecule has 109 valence electrons. The Morgan fingerprint density at radius 1 is 0.611 bits per heavy atom. The first-order chi connectivity index (χ1) is 8.91. The second-order valence-electron chi connectivity index (χ2n) is 5.36. The molecule has 0 unspecified atom stereocenters. The third-order valence-electron chi connectivity index (χ3n) is 3.43. The van der Waals surface area contributed by atoms with Gasteiger partial charge in [-0.25, -0.2) is 0 Å². The third kappa shape index (κ3) is 16.0. The first kappa shape index (κ1) is 18.0. The summed E-state index contributed by atoms with van der Waals surface area (Å²) in [4.78, 5) is 0. The molecular weight excluding hydrogens is 220 g/mol. The molecule has 0 spiro atoms. The van der Waals surface area contributed by atoms with E-state index in [9.17, 15) is 0 Å². The van der Waals surface area contributed by atoms with Crippen LogP contribution in [0.25, 0.3) is 0 Å². The molecule has 1 nitrogen and oxygen atoms in total. The zero-order valence-electron chi connectivity index (χ0n) is 12.7. The van der Waals surface area contributed by atoms with E-state index in [-0.39, 0.29) is 0 Å². The Bertz CT molecular complexity index is 118. The zero-order chi connectivity index (χ0) is 13.3. The van der Waals surface area contributed by atoms with Crippen LogP contribution in [0.15, 0.2) is 0 Å². The van der Waals surface area contributed by atoms with Crippen molar-refractivity contribution >= 4 is 0 Å². The molecule has 0 aromatic heterocycles. The van der Waals surface area contributed by atoms with E-state index in [1.807, 2.05) is 0 Å². The van der Waals surface area contributed by atoms with E-state index in [4.69, 9.17) is 4.74 Å². The van der Waals surface area contributed by atoms with Gasteiger partial charge in [0.25, 0.3) is 0 Å². The fourth-order valence-electron chi connectivity index (χ4n) is 2.17. The van der Waals surface area contributed by atoms with Crippen molar-refractivity contribution in [2.75, 3.05) is 13.2 Å². The van der Waals surface area contributed by atoms with Crippen LogP contribution >= 0.6 is 0 Å². The maximum absolute atomic E-state index is 5.52. The molecule has 0 aliphatic rings. The van der Waals surface area contributed by atoms with Crippen LogP contribution < -0.4 is 0 Å². The van der Waals surface area contributed by atoms with Gasteiger partial charge >= 0.3 is 0 Å². The van der Waals surface area contributed by atoms with Gasteiger partial charge in [0.1, 0.15) is 0 Å². The Morgan fingerprint density at radius 3 is 1.56 bits per heavy atom. The van der Waals surface area contributed by atoms with Gasteiger partial charge in [0.2, 0.25) is 0 Å². The van der Waals surface area contributed by atoms with Crippen molar-refractivity contribution in [3.05, 3.63) is 6.92 Å². The first-order valence-electron chi connectivity index (χ1n) is 8.28. The van der Waals surface area contributed by atoms with E-state index >= 15 is 0 Å². The fraction of sp³-hybridized carbons (Fsp3) is 0.941. The lowest BCUT2D eigenvalue weighted by Crippen LogP contribution is -1.96. The quantitative estimate of drug-likeness (QED) is 0.330. The molecule has 1 heteroatoms. The highest BCUT2D eigenvalue weighted by atomic mass is 16.5. The smallest absolute Gasteiger partial charge is 0.0466 e. The van der Waals surface area contributed by atoms with Crippen LogP contribution in [-0.2, 0) is 4.74 Å². The van der Waals surface area contributed by atoms with Gasteiger partial charge in [-0.1, -0.05) is 84.5 Å². The minimum Gasteiger partial charge on any atom is -0.381 e. The standard InChI is InChI=1S/C17H35O/c1-3-5-7-8-9-10-11-12-13-14-15-17-18-16-6-4-2/h2-17H2,1H3. The highest BCUT2D eigenvalue weighted by molar-refractivity contribution is 4.48. The summed E-state index contributed by atoms with van der Waals surface area (Å²) in [5, 5.41) is 0. The summed E-state index contributed by atoms with van der Waals surface area (Å²) in [6, 6.07) is 0. The third-order valence-corrected chi connectivity index (χ3v) is 3.43. The fourth-order valence-corrected chi connectivity index (χ4v) is 2.17. The molecule has 0 aromatic rings. The van der Waals surface area contributed by atoms with Crippen LogP contribution in [-0.4, -0.2) is 13.2 Å². The Hall–Kier alpha value is -0.0400. The van der Waals surface area contributed by atoms with Gasteiger partial charge in [-0.05, 0) is 12.8 Å². The van der Waals surface area contributed by atoms with Gasteiger partial charge in [-0.15, -0.1) is 0 Å². The maximum Gasteiger partial charge on any atom is 0.0466 e. The van der Waals surface area contributed by atoms with Crippen LogP contribution in [0.1, 0.15) is 90.4 Å². The van der Waals surface area contributed by atoms with Crippen molar-refractivity contribution in [1.29, 1.82) is 0 Å². The summed E-state index contributed by atoms with van der Waals surface area (Å²) >= 11 is 0. The topological polar surface area (TPSA) is 9.23 Å². The highest BCUT2D eigenvalue weighted by Crippen LogP contribution is 2.11. The minimum atomic E-state index is 0.904. The van der Waals surface area contributed by atoms with Crippen molar-refractivity contribution in [3.63, 3.8) is 0 Å². The normalized spacial score (nSPS) is 11.0. The highest BCUT2D eigenvalue weighted by Gasteiger charge is 1.93. The summed E-state index contributed by atoms with van der Waals surface area (Å²) < 4.78 is 5.52. The molecule has 0 rings (SSSR count). The number of rotatable bonds is 15. The summed E-state index contributed by atoms with van der Waals surface area (Å²) in [5.74, 6) is 0. The van der Waals surface area contributed by atoms with Crippen LogP contribution in [0, 0.1) is 6.92 Å². The van der Waals surface area contributed by atoms with Crippen molar-refractivity contribution < 1.29 is 4.74 Å². The van der Waals surface area contributed by atoms with Crippen molar-refractivity contribution in [1.82, 2.24) is 0 Å². The van der Waals surface area contributed by atoms with Crippen LogP contribution in [0.5, 0.6) is 0 Å². The van der Waals surface area contributed by atoms with Gasteiger partial charge in [-0.2, -0.15) is 0 Å². The molecule has 0 fully saturated rings. The lowest BCUT2D eigenvalue weighted by molar-refractivity contribution is 0.128. The molecule has 0 atom stereocenters. The summed E-state index contributed by atoms with van der Waals surface area (Å²) in [7, 11) is 0. The van der Waals surface area contributed by atoms with E-state index in [2.05, 4.69) is 13.8 Å². The summed E-state index contributed by atoms with van der Waals surface area (Å²) in [5.41, 5.74) is 0. The molecular formula is C17H35O. The van der Waals surface area contributed by atoms with Gasteiger partial charge in [0.15, 0.2) is 0 Å². The second-order valence-corrected chi connectivity index (χ2v) is 5.36. The molecule has 0 N–H and O–H groups in total. The lowest BCUT2D eigenvalue weighted by atomic mass is 10.1. The summed E-state index contributed by atoms with van der Waals surface area (Å²) in [6.45, 7) is 7.94. The molecule has 1 radical (unpaired) electrons. The first-order valence-corrected chi connectivity index (χ1v) is 8.28. The molecule has 0 aliphatic heterocycles. The van der Waals surface area contributed by atoms with E-state index < -0.39 is 0 Å². The zero-order valence-corrected chi connectivity index (χ0v) is 12.7. The number of hydrogen-bond donors (Lipinski definition) is 0. The largest absolute Gasteiger partial charge is 0.381 e. The average molecular weight is 255 g/mol. The molecule has 0 aliphatic carbocycles. The monoisotopic (exact) mass is 255 g/mol. The minimum absolute atomic E-state index is 0.904. The van der Waals surface area contributed by atoms with E-state index in [1.165, 1.54) is 70.6 Å². The predicted molar refractivity (Wildman–Crippen MR) is 81.9 cm³/mol. The molecule has 18 heavy (non-hydrogen) atoms. The van der Waals surface area contributed by atoms with Crippen LogP contribution in [0.2, 0.25) is 0 Å². The van der Waals surface area contributed by atoms with Gasteiger partial charge in [-0.3, -0.25) is 0 Å². The molecule has 0 bridgehead atoms. The van der Waals surface area contributed by atoms with Gasteiger partial charge in [0.05, 0.1) is 0 Å². The molecule has 0 amide bonds. The average Bonchev–Trinajstić information content (AvgIpc) is 2.39. The SMILES string of the molecule is [CH2]CCCOCCCCCCCCCCCCC. The second kappa shape index (κ2) is 17.0. The van der Waals surface area contributed by atoms with Gasteiger partial charge in [0, 0.05) is 13.2 Å². The predicted octanol–water partition coefficient (Wildman–Crippen LogP) is 5.93. The van der Waals surface area contributed by atoms with Crippen molar-refractivity contribution in [3.8, 4) is 0 Å². The molecule has 0 heterocycles. The number of ether oxygens (including phenoxy) is 1. The van der Waals surface area contributed by atoms with Crippen LogP contribution in [0.4, 0.5) is 0 Å². The lowest BCUT2D eigenvalue weighted by Gasteiger charge is -2.04. The van der Waals surface area contributed by atoms with Crippen molar-refractivity contribution in [2.45, 2.75) is 90.4 Å². The number of unbranched alkanes of at least 4 members (excludes halogenated alkanes) is 11. The Balaban J connectivity index is 2.86. The van der Waals surface area contributed by atoms with Gasteiger partial charge < -0.3 is 4.74 Å².